The first kappa shape index (κ1) is 15.3. The molecule has 0 saturated heterocycles. The molecule has 0 aliphatic carbocycles. The van der Waals surface area contributed by atoms with Crippen molar-refractivity contribution in [1.82, 2.24) is 4.90 Å². The Morgan fingerprint density at radius 1 is 1.37 bits per heavy atom. The molecule has 0 atom stereocenters. The zero-order valence-corrected chi connectivity index (χ0v) is 11.0. The minimum Gasteiger partial charge on any atom is -0.508 e. The van der Waals surface area contributed by atoms with E-state index in [0.717, 1.165) is 4.90 Å². The number of hydrogen-bond donors (Lipinski definition) is 1. The van der Waals surface area contributed by atoms with Gasteiger partial charge in [0.25, 0.3) is 5.91 Å². The first-order valence-corrected chi connectivity index (χ1v) is 5.79. The molecule has 1 rings (SSSR count). The van der Waals surface area contributed by atoms with Crippen molar-refractivity contribution in [3.8, 4) is 5.75 Å². The molecule has 1 aromatic carbocycles. The number of aromatic hydroxyl groups is 1. The van der Waals surface area contributed by atoms with E-state index in [0.29, 0.717) is 5.56 Å². The van der Waals surface area contributed by atoms with Crippen molar-refractivity contribution in [3.63, 3.8) is 0 Å². The summed E-state index contributed by atoms with van der Waals surface area (Å²) in [6.45, 7) is 3.33. The summed E-state index contributed by atoms with van der Waals surface area (Å²) < 4.78 is 37.4. The molecule has 0 aliphatic heterocycles. The van der Waals surface area contributed by atoms with E-state index < -0.39 is 24.7 Å². The van der Waals surface area contributed by atoms with Crippen LogP contribution in [0.25, 0.3) is 0 Å². The molecule has 0 radical (unpaired) electrons. The topological polar surface area (TPSA) is 40.5 Å². The third-order valence-electron chi connectivity index (χ3n) is 2.67. The highest BCUT2D eigenvalue weighted by molar-refractivity contribution is 5.96. The summed E-state index contributed by atoms with van der Waals surface area (Å²) in [5.74, 6) is -0.717. The Labute approximate surface area is 109 Å². The number of carbonyl (C=O) groups excluding carboxylic acids is 1. The van der Waals surface area contributed by atoms with Gasteiger partial charge in [-0.1, -0.05) is 0 Å². The summed E-state index contributed by atoms with van der Waals surface area (Å²) >= 11 is 0. The molecule has 0 saturated carbocycles. The Balaban J connectivity index is 3.06. The van der Waals surface area contributed by atoms with E-state index in [1.165, 1.54) is 32.0 Å². The Kier molecular flexibility index (Phi) is 4.44. The van der Waals surface area contributed by atoms with Crippen molar-refractivity contribution in [2.24, 2.45) is 0 Å². The standard InChI is InChI=1S/C13H16F3NO2/c1-8(2)17(7-13(14,15)16)12(19)11-5-4-10(18)6-9(11)3/h4-6,8,18H,7H2,1-3H3. The average Bonchev–Trinajstić information content (AvgIpc) is 2.23. The molecular formula is C13H16F3NO2. The number of halogens is 3. The molecule has 0 bridgehead atoms. The van der Waals surface area contributed by atoms with Crippen LogP contribution in [-0.2, 0) is 0 Å². The van der Waals surface area contributed by atoms with Crippen LogP contribution in [0, 0.1) is 6.92 Å². The highest BCUT2D eigenvalue weighted by Crippen LogP contribution is 2.22. The third kappa shape index (κ3) is 4.15. The number of phenolic OH excluding ortho intramolecular Hbond substituents is 1. The van der Waals surface area contributed by atoms with Gasteiger partial charge in [0, 0.05) is 11.6 Å². The van der Waals surface area contributed by atoms with Crippen LogP contribution in [0.15, 0.2) is 18.2 Å². The van der Waals surface area contributed by atoms with E-state index in [1.807, 2.05) is 0 Å². The van der Waals surface area contributed by atoms with Crippen molar-refractivity contribution >= 4 is 5.91 Å². The number of alkyl halides is 3. The largest absolute Gasteiger partial charge is 0.508 e. The molecule has 1 aromatic rings. The molecule has 1 N–H and O–H groups in total. The summed E-state index contributed by atoms with van der Waals surface area (Å²) in [7, 11) is 0. The van der Waals surface area contributed by atoms with Crippen LogP contribution < -0.4 is 0 Å². The molecule has 0 heterocycles. The van der Waals surface area contributed by atoms with Gasteiger partial charge in [0.1, 0.15) is 12.3 Å². The molecule has 6 heteroatoms. The first-order chi connectivity index (χ1) is 8.61. The van der Waals surface area contributed by atoms with Crippen molar-refractivity contribution in [3.05, 3.63) is 29.3 Å². The molecule has 0 aromatic heterocycles. The second-order valence-electron chi connectivity index (χ2n) is 4.64. The second kappa shape index (κ2) is 5.50. The molecular weight excluding hydrogens is 259 g/mol. The number of carbonyl (C=O) groups is 1. The zero-order valence-electron chi connectivity index (χ0n) is 11.0. The van der Waals surface area contributed by atoms with Crippen LogP contribution >= 0.6 is 0 Å². The van der Waals surface area contributed by atoms with Crippen LogP contribution in [0.1, 0.15) is 29.8 Å². The average molecular weight is 275 g/mol. The monoisotopic (exact) mass is 275 g/mol. The number of nitrogens with zero attached hydrogens (tertiary/aromatic N) is 1. The van der Waals surface area contributed by atoms with Crippen LogP contribution in [0.5, 0.6) is 5.75 Å². The number of hydrogen-bond acceptors (Lipinski definition) is 2. The Morgan fingerprint density at radius 3 is 2.37 bits per heavy atom. The van der Waals surface area contributed by atoms with Crippen LogP contribution in [-0.4, -0.2) is 34.7 Å². The molecule has 19 heavy (non-hydrogen) atoms. The van der Waals surface area contributed by atoms with Gasteiger partial charge in [0.15, 0.2) is 0 Å². The van der Waals surface area contributed by atoms with Gasteiger partial charge in [-0.25, -0.2) is 0 Å². The van der Waals surface area contributed by atoms with E-state index >= 15 is 0 Å². The number of rotatable bonds is 3. The van der Waals surface area contributed by atoms with Crippen molar-refractivity contribution in [2.45, 2.75) is 33.0 Å². The van der Waals surface area contributed by atoms with E-state index in [1.54, 1.807) is 6.92 Å². The van der Waals surface area contributed by atoms with Crippen LogP contribution in [0.4, 0.5) is 13.2 Å². The van der Waals surface area contributed by atoms with Gasteiger partial charge in [0.05, 0.1) is 0 Å². The normalized spacial score (nSPS) is 11.7. The van der Waals surface area contributed by atoms with Gasteiger partial charge >= 0.3 is 6.18 Å². The lowest BCUT2D eigenvalue weighted by Gasteiger charge is -2.28. The van der Waals surface area contributed by atoms with Gasteiger partial charge in [-0.05, 0) is 44.5 Å². The Morgan fingerprint density at radius 2 is 1.95 bits per heavy atom. The quantitative estimate of drug-likeness (QED) is 0.920. The lowest BCUT2D eigenvalue weighted by atomic mass is 10.1. The van der Waals surface area contributed by atoms with Gasteiger partial charge in [-0.3, -0.25) is 4.79 Å². The first-order valence-electron chi connectivity index (χ1n) is 5.79. The van der Waals surface area contributed by atoms with Crippen LogP contribution in [0.3, 0.4) is 0 Å². The van der Waals surface area contributed by atoms with Gasteiger partial charge in [-0.15, -0.1) is 0 Å². The Hall–Kier alpha value is -1.72. The maximum Gasteiger partial charge on any atom is 0.406 e. The fourth-order valence-corrected chi connectivity index (χ4v) is 1.72. The highest BCUT2D eigenvalue weighted by atomic mass is 19.4. The molecule has 1 amide bonds. The third-order valence-corrected chi connectivity index (χ3v) is 2.67. The molecule has 0 aliphatic rings. The van der Waals surface area contributed by atoms with Crippen molar-refractivity contribution in [2.75, 3.05) is 6.54 Å². The maximum absolute atomic E-state index is 12.5. The van der Waals surface area contributed by atoms with E-state index in [4.69, 9.17) is 0 Å². The molecule has 106 valence electrons. The van der Waals surface area contributed by atoms with E-state index in [9.17, 15) is 23.1 Å². The van der Waals surface area contributed by atoms with Crippen molar-refractivity contribution < 1.29 is 23.1 Å². The molecule has 0 fully saturated rings. The smallest absolute Gasteiger partial charge is 0.406 e. The van der Waals surface area contributed by atoms with Crippen LogP contribution in [0.2, 0.25) is 0 Å². The summed E-state index contributed by atoms with van der Waals surface area (Å²) in [5.41, 5.74) is 0.605. The van der Waals surface area contributed by atoms with E-state index in [2.05, 4.69) is 0 Å². The summed E-state index contributed by atoms with van der Waals surface area (Å²) in [4.78, 5) is 12.9. The lowest BCUT2D eigenvalue weighted by Crippen LogP contribution is -2.43. The second-order valence-corrected chi connectivity index (χ2v) is 4.64. The molecule has 0 spiro atoms. The highest BCUT2D eigenvalue weighted by Gasteiger charge is 2.34. The molecule has 3 nitrogen and oxygen atoms in total. The number of amides is 1. The fourth-order valence-electron chi connectivity index (χ4n) is 1.72. The lowest BCUT2D eigenvalue weighted by molar-refractivity contribution is -0.143. The maximum atomic E-state index is 12.5. The Bertz CT molecular complexity index is 469. The minimum atomic E-state index is -4.44. The van der Waals surface area contributed by atoms with Crippen molar-refractivity contribution in [1.29, 1.82) is 0 Å². The number of aryl methyl sites for hydroxylation is 1. The number of benzene rings is 1. The summed E-state index contributed by atoms with van der Waals surface area (Å²) in [5, 5.41) is 9.25. The number of phenols is 1. The van der Waals surface area contributed by atoms with Gasteiger partial charge in [-0.2, -0.15) is 13.2 Å². The zero-order chi connectivity index (χ0) is 14.8. The SMILES string of the molecule is Cc1cc(O)ccc1C(=O)N(CC(F)(F)F)C(C)C. The predicted molar refractivity (Wildman–Crippen MR) is 65.1 cm³/mol. The summed E-state index contributed by atoms with van der Waals surface area (Å²) in [6.07, 6.45) is -4.44. The molecule has 0 unspecified atom stereocenters. The summed E-state index contributed by atoms with van der Waals surface area (Å²) in [6, 6.07) is 3.40. The van der Waals surface area contributed by atoms with Gasteiger partial charge in [0.2, 0.25) is 0 Å². The minimum absolute atomic E-state index is 0.0269. The van der Waals surface area contributed by atoms with E-state index in [-0.39, 0.29) is 11.3 Å². The fraction of sp³-hybridized carbons (Fsp3) is 0.462. The van der Waals surface area contributed by atoms with Gasteiger partial charge < -0.3 is 10.0 Å². The predicted octanol–water partition coefficient (Wildman–Crippen LogP) is 3.11.